The van der Waals surface area contributed by atoms with Crippen LogP contribution in [0.15, 0.2) is 61.2 Å². The van der Waals surface area contributed by atoms with Crippen molar-refractivity contribution < 1.29 is 9.18 Å². The fourth-order valence-electron chi connectivity index (χ4n) is 3.18. The molecule has 1 N–H and O–H groups in total. The zero-order chi connectivity index (χ0) is 20.4. The van der Waals surface area contributed by atoms with E-state index in [2.05, 4.69) is 25.8 Å². The third-order valence-electron chi connectivity index (χ3n) is 4.63. The van der Waals surface area contributed by atoms with E-state index in [1.165, 1.54) is 23.1 Å². The van der Waals surface area contributed by atoms with Gasteiger partial charge in [0.1, 0.15) is 24.0 Å². The number of aryl methyl sites for hydroxylation is 2. The summed E-state index contributed by atoms with van der Waals surface area (Å²) in [5, 5.41) is 14.1. The first-order valence-corrected chi connectivity index (χ1v) is 8.90. The average Bonchev–Trinajstić information content (AvgIpc) is 3.38. The summed E-state index contributed by atoms with van der Waals surface area (Å²) >= 11 is 0. The van der Waals surface area contributed by atoms with Crippen molar-refractivity contribution in [2.45, 2.75) is 13.0 Å². The van der Waals surface area contributed by atoms with Gasteiger partial charge in [-0.15, -0.1) is 5.10 Å². The second-order valence-corrected chi connectivity index (χ2v) is 6.61. The van der Waals surface area contributed by atoms with Crippen LogP contribution < -0.4 is 5.32 Å². The molecule has 0 aliphatic heterocycles. The van der Waals surface area contributed by atoms with E-state index in [9.17, 15) is 9.18 Å². The van der Waals surface area contributed by atoms with Gasteiger partial charge in [-0.1, -0.05) is 12.1 Å². The van der Waals surface area contributed by atoms with Crippen LogP contribution in [0.5, 0.6) is 0 Å². The van der Waals surface area contributed by atoms with Gasteiger partial charge in [0.2, 0.25) is 0 Å². The van der Waals surface area contributed by atoms with Crippen LogP contribution in [-0.2, 0) is 7.05 Å². The van der Waals surface area contributed by atoms with E-state index in [0.29, 0.717) is 17.0 Å². The number of halogens is 1. The molecule has 1 amide bonds. The number of carbonyl (C=O) groups excluding carboxylic acids is 1. The second-order valence-electron chi connectivity index (χ2n) is 6.61. The van der Waals surface area contributed by atoms with E-state index in [4.69, 9.17) is 0 Å². The lowest BCUT2D eigenvalue weighted by atomic mass is 10.0. The maximum absolute atomic E-state index is 13.8. The molecule has 0 saturated heterocycles. The number of carbonyl (C=O) groups is 1. The van der Waals surface area contributed by atoms with Crippen LogP contribution in [0.1, 0.15) is 33.4 Å². The Morgan fingerprint density at radius 1 is 1.21 bits per heavy atom. The minimum Gasteiger partial charge on any atom is -0.338 e. The third-order valence-corrected chi connectivity index (χ3v) is 4.63. The van der Waals surface area contributed by atoms with Crippen LogP contribution in [0, 0.1) is 12.7 Å². The van der Waals surface area contributed by atoms with Crippen molar-refractivity contribution in [3.05, 3.63) is 89.5 Å². The molecule has 0 saturated carbocycles. The SMILES string of the molecule is Cc1cc(C(=O)NC(c2cccc(F)c2)c2nccn2C)ccc1-n1cnnn1. The topological polar surface area (TPSA) is 90.5 Å². The van der Waals surface area contributed by atoms with Gasteiger partial charge in [-0.25, -0.2) is 14.1 Å². The van der Waals surface area contributed by atoms with E-state index in [0.717, 1.165) is 11.3 Å². The fourth-order valence-corrected chi connectivity index (χ4v) is 3.18. The van der Waals surface area contributed by atoms with Crippen molar-refractivity contribution in [3.8, 4) is 5.69 Å². The number of nitrogens with one attached hydrogen (secondary N) is 1. The summed E-state index contributed by atoms with van der Waals surface area (Å²) in [6.45, 7) is 1.87. The molecule has 0 aliphatic rings. The van der Waals surface area contributed by atoms with E-state index < -0.39 is 6.04 Å². The van der Waals surface area contributed by atoms with Crippen molar-refractivity contribution in [1.29, 1.82) is 0 Å². The molecule has 4 rings (SSSR count). The Balaban J connectivity index is 1.65. The number of imidazole rings is 1. The van der Waals surface area contributed by atoms with Gasteiger partial charge >= 0.3 is 0 Å². The Labute approximate surface area is 166 Å². The average molecular weight is 391 g/mol. The number of tetrazole rings is 1. The van der Waals surface area contributed by atoms with E-state index in [1.54, 1.807) is 47.3 Å². The summed E-state index contributed by atoms with van der Waals surface area (Å²) in [6.07, 6.45) is 4.90. The van der Waals surface area contributed by atoms with Gasteiger partial charge in [-0.3, -0.25) is 4.79 Å². The lowest BCUT2D eigenvalue weighted by Crippen LogP contribution is -2.31. The predicted octanol–water partition coefficient (Wildman–Crippen LogP) is 2.36. The lowest BCUT2D eigenvalue weighted by molar-refractivity contribution is 0.0941. The lowest BCUT2D eigenvalue weighted by Gasteiger charge is -2.19. The van der Waals surface area contributed by atoms with Crippen LogP contribution >= 0.6 is 0 Å². The number of aromatic nitrogens is 6. The molecule has 2 aromatic carbocycles. The molecule has 8 nitrogen and oxygen atoms in total. The van der Waals surface area contributed by atoms with Crippen LogP contribution in [-0.4, -0.2) is 35.7 Å². The van der Waals surface area contributed by atoms with Crippen molar-refractivity contribution in [1.82, 2.24) is 35.1 Å². The van der Waals surface area contributed by atoms with Crippen molar-refractivity contribution in [2.24, 2.45) is 7.05 Å². The van der Waals surface area contributed by atoms with Crippen molar-refractivity contribution in [3.63, 3.8) is 0 Å². The molecule has 0 fully saturated rings. The van der Waals surface area contributed by atoms with E-state index >= 15 is 0 Å². The predicted molar refractivity (Wildman–Crippen MR) is 103 cm³/mol. The van der Waals surface area contributed by atoms with Gasteiger partial charge in [-0.2, -0.15) is 0 Å². The smallest absolute Gasteiger partial charge is 0.252 e. The van der Waals surface area contributed by atoms with E-state index in [1.807, 2.05) is 14.0 Å². The van der Waals surface area contributed by atoms with Crippen LogP contribution in [0.4, 0.5) is 4.39 Å². The molecule has 0 radical (unpaired) electrons. The zero-order valence-corrected chi connectivity index (χ0v) is 15.8. The zero-order valence-electron chi connectivity index (χ0n) is 15.8. The van der Waals surface area contributed by atoms with Crippen molar-refractivity contribution in [2.75, 3.05) is 0 Å². The summed E-state index contributed by atoms with van der Waals surface area (Å²) in [4.78, 5) is 17.3. The molecular weight excluding hydrogens is 373 g/mol. The Morgan fingerprint density at radius 3 is 2.72 bits per heavy atom. The Bertz CT molecular complexity index is 1150. The van der Waals surface area contributed by atoms with Crippen LogP contribution in [0.3, 0.4) is 0 Å². The Kier molecular flexibility index (Phi) is 4.86. The highest BCUT2D eigenvalue weighted by Crippen LogP contribution is 2.22. The number of rotatable bonds is 5. The molecule has 2 heterocycles. The molecule has 1 unspecified atom stereocenters. The summed E-state index contributed by atoms with van der Waals surface area (Å²) in [7, 11) is 1.83. The second kappa shape index (κ2) is 7.63. The molecule has 1 atom stereocenters. The number of hydrogen-bond donors (Lipinski definition) is 1. The first kappa shape index (κ1) is 18.5. The van der Waals surface area contributed by atoms with Gasteiger partial charge in [0.15, 0.2) is 0 Å². The standard InChI is InChI=1S/C20H18FN7O/c1-13-10-15(6-7-17(13)28-12-23-25-26-28)20(29)24-18(19-22-8-9-27(19)2)14-4-3-5-16(21)11-14/h3-12,18H,1-2H3,(H,24,29). The molecule has 9 heteroatoms. The minimum atomic E-state index is -0.599. The molecule has 0 aliphatic carbocycles. The van der Waals surface area contributed by atoms with Gasteiger partial charge in [0.25, 0.3) is 5.91 Å². The van der Waals surface area contributed by atoms with E-state index in [-0.39, 0.29) is 11.7 Å². The molecule has 146 valence electrons. The molecular formula is C20H18FN7O. The van der Waals surface area contributed by atoms with Crippen molar-refractivity contribution >= 4 is 5.91 Å². The quantitative estimate of drug-likeness (QED) is 0.564. The van der Waals surface area contributed by atoms with Gasteiger partial charge in [0, 0.05) is 25.0 Å². The number of benzene rings is 2. The maximum Gasteiger partial charge on any atom is 0.252 e. The van der Waals surface area contributed by atoms with Gasteiger partial charge in [-0.05, 0) is 58.8 Å². The third kappa shape index (κ3) is 3.75. The van der Waals surface area contributed by atoms with Crippen LogP contribution in [0.2, 0.25) is 0 Å². The van der Waals surface area contributed by atoms with Crippen LogP contribution in [0.25, 0.3) is 5.69 Å². The number of amides is 1. The summed E-state index contributed by atoms with van der Waals surface area (Å²) in [5.41, 5.74) is 2.69. The van der Waals surface area contributed by atoms with Gasteiger partial charge < -0.3 is 9.88 Å². The highest BCUT2D eigenvalue weighted by Gasteiger charge is 2.22. The Morgan fingerprint density at radius 2 is 2.07 bits per heavy atom. The van der Waals surface area contributed by atoms with Gasteiger partial charge in [0.05, 0.1) is 5.69 Å². The normalized spacial score (nSPS) is 12.0. The highest BCUT2D eigenvalue weighted by atomic mass is 19.1. The molecule has 0 spiro atoms. The highest BCUT2D eigenvalue weighted by molar-refractivity contribution is 5.95. The summed E-state index contributed by atoms with van der Waals surface area (Å²) in [6, 6.07) is 10.8. The largest absolute Gasteiger partial charge is 0.338 e. The summed E-state index contributed by atoms with van der Waals surface area (Å²) in [5.74, 6) is -0.0720. The fraction of sp³-hybridized carbons (Fsp3) is 0.150. The minimum absolute atomic E-state index is 0.298. The Hall–Kier alpha value is -3.88. The molecule has 2 aromatic heterocycles. The maximum atomic E-state index is 13.8. The first-order valence-electron chi connectivity index (χ1n) is 8.90. The molecule has 29 heavy (non-hydrogen) atoms. The first-order chi connectivity index (χ1) is 14.0. The monoisotopic (exact) mass is 391 g/mol. The number of nitrogens with zero attached hydrogens (tertiary/aromatic N) is 6. The summed E-state index contributed by atoms with van der Waals surface area (Å²) < 4.78 is 17.1. The molecule has 4 aromatic rings. The molecule has 0 bridgehead atoms. The number of hydrogen-bond acceptors (Lipinski definition) is 5.